The number of rotatable bonds is 16. The molecule has 1 unspecified atom stereocenters. The van der Waals surface area contributed by atoms with Crippen molar-refractivity contribution in [1.29, 1.82) is 0 Å². The standard InChI is InChI=1S/C26H39N3O6/c1-18(2)16-22(29-26(33)35-15-9-5-8-14-34-3)24(31)28-21(17-19-10-6-4-7-11-19)23(30)25(32)27-20-12-13-20/h4,6-7,10-11,18,20-22H,5,8-9,12-17H2,1-3H3,(H,27,32)(H,28,31)(H,29,33)/t21-,22?/m0/s1. The highest BCUT2D eigenvalue weighted by atomic mass is 16.5. The van der Waals surface area contributed by atoms with Gasteiger partial charge >= 0.3 is 6.09 Å². The van der Waals surface area contributed by atoms with E-state index in [1.54, 1.807) is 7.11 Å². The number of amides is 3. The van der Waals surface area contributed by atoms with Crippen LogP contribution in [0.4, 0.5) is 4.79 Å². The van der Waals surface area contributed by atoms with Crippen LogP contribution in [0.2, 0.25) is 0 Å². The molecule has 0 spiro atoms. The number of carbonyl (C=O) groups is 4. The molecule has 0 radical (unpaired) electrons. The second-order valence-corrected chi connectivity index (χ2v) is 9.38. The van der Waals surface area contributed by atoms with E-state index in [0.29, 0.717) is 19.4 Å². The fourth-order valence-electron chi connectivity index (χ4n) is 3.55. The highest BCUT2D eigenvalue weighted by molar-refractivity contribution is 6.38. The number of Topliss-reactive ketones (excluding diaryl/α,β-unsaturated/α-hetero) is 1. The predicted molar refractivity (Wildman–Crippen MR) is 132 cm³/mol. The molecule has 0 heterocycles. The Kier molecular flexibility index (Phi) is 12.2. The van der Waals surface area contributed by atoms with Crippen LogP contribution >= 0.6 is 0 Å². The predicted octanol–water partition coefficient (Wildman–Crippen LogP) is 2.52. The monoisotopic (exact) mass is 489 g/mol. The van der Waals surface area contributed by atoms with Gasteiger partial charge in [-0.25, -0.2) is 4.79 Å². The van der Waals surface area contributed by atoms with Gasteiger partial charge in [0.1, 0.15) is 12.1 Å². The minimum Gasteiger partial charge on any atom is -0.450 e. The number of hydrogen-bond donors (Lipinski definition) is 3. The number of benzene rings is 1. The van der Waals surface area contributed by atoms with Gasteiger partial charge in [0.15, 0.2) is 0 Å². The van der Waals surface area contributed by atoms with E-state index in [0.717, 1.165) is 31.2 Å². The van der Waals surface area contributed by atoms with Crippen LogP contribution in [0.1, 0.15) is 57.9 Å². The number of hydrogen-bond acceptors (Lipinski definition) is 6. The Bertz CT molecular complexity index is 826. The summed E-state index contributed by atoms with van der Waals surface area (Å²) in [6, 6.07) is 7.27. The fourth-order valence-corrected chi connectivity index (χ4v) is 3.55. The lowest BCUT2D eigenvalue weighted by Gasteiger charge is -2.23. The number of ketones is 1. The Balaban J connectivity index is 2.00. The largest absolute Gasteiger partial charge is 0.450 e. The molecule has 1 aliphatic rings. The van der Waals surface area contributed by atoms with Gasteiger partial charge in [-0.2, -0.15) is 0 Å². The lowest BCUT2D eigenvalue weighted by molar-refractivity contribution is -0.140. The van der Waals surface area contributed by atoms with Crippen molar-refractivity contribution in [3.63, 3.8) is 0 Å². The van der Waals surface area contributed by atoms with E-state index in [1.165, 1.54) is 0 Å². The first-order chi connectivity index (χ1) is 16.8. The molecule has 9 nitrogen and oxygen atoms in total. The molecule has 35 heavy (non-hydrogen) atoms. The second kappa shape index (κ2) is 15.1. The molecule has 1 fully saturated rings. The Morgan fingerprint density at radius 2 is 1.63 bits per heavy atom. The second-order valence-electron chi connectivity index (χ2n) is 9.38. The maximum Gasteiger partial charge on any atom is 0.407 e. The van der Waals surface area contributed by atoms with Crippen molar-refractivity contribution >= 4 is 23.7 Å². The van der Waals surface area contributed by atoms with Crippen LogP contribution in [-0.2, 0) is 30.3 Å². The molecule has 0 aromatic heterocycles. The fraction of sp³-hybridized carbons (Fsp3) is 0.615. The lowest BCUT2D eigenvalue weighted by atomic mass is 9.99. The third kappa shape index (κ3) is 11.4. The van der Waals surface area contributed by atoms with Gasteiger partial charge in [0, 0.05) is 26.2 Å². The van der Waals surface area contributed by atoms with Gasteiger partial charge in [-0.3, -0.25) is 14.4 Å². The first-order valence-corrected chi connectivity index (χ1v) is 12.4. The molecule has 1 aliphatic carbocycles. The maximum absolute atomic E-state index is 13.1. The Labute approximate surface area is 207 Å². The Morgan fingerprint density at radius 3 is 2.26 bits per heavy atom. The topological polar surface area (TPSA) is 123 Å². The zero-order valence-electron chi connectivity index (χ0n) is 21.0. The summed E-state index contributed by atoms with van der Waals surface area (Å²) in [5, 5.41) is 8.02. The summed E-state index contributed by atoms with van der Waals surface area (Å²) in [6.07, 6.45) is 3.98. The summed E-state index contributed by atoms with van der Waals surface area (Å²) in [5.74, 6) is -1.82. The van der Waals surface area contributed by atoms with Crippen molar-refractivity contribution in [3.05, 3.63) is 35.9 Å². The summed E-state index contributed by atoms with van der Waals surface area (Å²) in [5.41, 5.74) is 0.812. The van der Waals surface area contributed by atoms with Crippen LogP contribution in [0.3, 0.4) is 0 Å². The average Bonchev–Trinajstić information content (AvgIpc) is 3.64. The molecule has 2 atom stereocenters. The van der Waals surface area contributed by atoms with E-state index < -0.39 is 35.8 Å². The highest BCUT2D eigenvalue weighted by Gasteiger charge is 2.33. The molecule has 1 saturated carbocycles. The van der Waals surface area contributed by atoms with Gasteiger partial charge in [-0.05, 0) is 50.0 Å². The quantitative estimate of drug-likeness (QED) is 0.242. The van der Waals surface area contributed by atoms with Gasteiger partial charge in [0.25, 0.3) is 5.91 Å². The van der Waals surface area contributed by atoms with E-state index in [4.69, 9.17) is 9.47 Å². The first-order valence-electron chi connectivity index (χ1n) is 12.4. The highest BCUT2D eigenvalue weighted by Crippen LogP contribution is 2.18. The molecule has 3 N–H and O–H groups in total. The molecule has 1 aromatic carbocycles. The molecular weight excluding hydrogens is 450 g/mol. The molecule has 194 valence electrons. The SMILES string of the molecule is COCCCCCOC(=O)NC(CC(C)C)C(=O)N[C@@H](Cc1ccccc1)C(=O)C(=O)NC1CC1. The molecule has 0 aliphatic heterocycles. The summed E-state index contributed by atoms with van der Waals surface area (Å²) in [4.78, 5) is 50.8. The van der Waals surface area contributed by atoms with Crippen molar-refractivity contribution in [2.45, 2.75) is 76.9 Å². The molecule has 9 heteroatoms. The van der Waals surface area contributed by atoms with Gasteiger partial charge in [-0.15, -0.1) is 0 Å². The van der Waals surface area contributed by atoms with Crippen molar-refractivity contribution in [2.75, 3.05) is 20.3 Å². The van der Waals surface area contributed by atoms with Crippen molar-refractivity contribution in [3.8, 4) is 0 Å². The van der Waals surface area contributed by atoms with E-state index >= 15 is 0 Å². The molecule has 1 aromatic rings. The van der Waals surface area contributed by atoms with Crippen molar-refractivity contribution in [2.24, 2.45) is 5.92 Å². The number of carbonyl (C=O) groups excluding carboxylic acids is 4. The minimum absolute atomic E-state index is 0.0270. The zero-order chi connectivity index (χ0) is 25.6. The zero-order valence-corrected chi connectivity index (χ0v) is 21.0. The number of alkyl carbamates (subject to hydrolysis) is 1. The Hall–Kier alpha value is -2.94. The normalized spacial score (nSPS) is 14.6. The number of unbranched alkanes of at least 4 members (excludes halogenated alkanes) is 2. The van der Waals surface area contributed by atoms with Gasteiger partial charge in [0.2, 0.25) is 11.7 Å². The summed E-state index contributed by atoms with van der Waals surface area (Å²) in [7, 11) is 1.64. The summed E-state index contributed by atoms with van der Waals surface area (Å²) < 4.78 is 10.2. The molecule has 3 amide bonds. The third-order valence-electron chi connectivity index (χ3n) is 5.59. The lowest BCUT2D eigenvalue weighted by Crippen LogP contribution is -2.55. The van der Waals surface area contributed by atoms with Gasteiger partial charge in [-0.1, -0.05) is 44.2 Å². The number of ether oxygens (including phenoxy) is 2. The molecule has 0 bridgehead atoms. The van der Waals surface area contributed by atoms with Crippen LogP contribution in [0.15, 0.2) is 30.3 Å². The molecule has 2 rings (SSSR count). The van der Waals surface area contributed by atoms with Gasteiger partial charge in [0.05, 0.1) is 6.61 Å². The number of nitrogens with one attached hydrogen (secondary N) is 3. The maximum atomic E-state index is 13.1. The van der Waals surface area contributed by atoms with E-state index in [-0.39, 0.29) is 25.0 Å². The van der Waals surface area contributed by atoms with Crippen LogP contribution < -0.4 is 16.0 Å². The van der Waals surface area contributed by atoms with Gasteiger partial charge < -0.3 is 25.4 Å². The van der Waals surface area contributed by atoms with Crippen LogP contribution in [-0.4, -0.2) is 62.1 Å². The van der Waals surface area contributed by atoms with Crippen LogP contribution in [0.5, 0.6) is 0 Å². The smallest absolute Gasteiger partial charge is 0.407 e. The van der Waals surface area contributed by atoms with E-state index in [2.05, 4.69) is 16.0 Å². The third-order valence-corrected chi connectivity index (χ3v) is 5.59. The first kappa shape index (κ1) is 28.3. The average molecular weight is 490 g/mol. The summed E-state index contributed by atoms with van der Waals surface area (Å²) >= 11 is 0. The van der Waals surface area contributed by atoms with Crippen molar-refractivity contribution < 1.29 is 28.7 Å². The minimum atomic E-state index is -1.04. The van der Waals surface area contributed by atoms with E-state index in [1.807, 2.05) is 44.2 Å². The summed E-state index contributed by atoms with van der Waals surface area (Å²) in [6.45, 7) is 4.75. The van der Waals surface area contributed by atoms with Crippen LogP contribution in [0.25, 0.3) is 0 Å². The van der Waals surface area contributed by atoms with Crippen molar-refractivity contribution in [1.82, 2.24) is 16.0 Å². The Morgan fingerprint density at radius 1 is 0.943 bits per heavy atom. The molecular formula is C26H39N3O6. The van der Waals surface area contributed by atoms with E-state index in [9.17, 15) is 19.2 Å². The molecule has 0 saturated heterocycles. The van der Waals surface area contributed by atoms with Crippen LogP contribution in [0, 0.1) is 5.92 Å². The number of methoxy groups -OCH3 is 1.